The van der Waals surface area contributed by atoms with Crippen LogP contribution in [0.2, 0.25) is 0 Å². The minimum atomic E-state index is -0.685. The lowest BCUT2D eigenvalue weighted by atomic mass is 10.0. The second kappa shape index (κ2) is 8.03. The van der Waals surface area contributed by atoms with Crippen LogP contribution >= 0.6 is 0 Å². The van der Waals surface area contributed by atoms with Crippen LogP contribution in [0.3, 0.4) is 0 Å². The molecule has 0 radical (unpaired) electrons. The van der Waals surface area contributed by atoms with Crippen molar-refractivity contribution in [3.63, 3.8) is 0 Å². The van der Waals surface area contributed by atoms with Gasteiger partial charge in [0.15, 0.2) is 0 Å². The molecule has 1 N–H and O–H groups in total. The second-order valence-corrected chi connectivity index (χ2v) is 7.35. The minimum absolute atomic E-state index is 0.0882. The SMILES string of the molecule is COC(=O)[C@@H]1CC(NC(=O)c2nccc3ccccc23)[C@@H]2CC=CCCC(=O)N12. The summed E-state index contributed by atoms with van der Waals surface area (Å²) in [5, 5.41) is 4.72. The molecule has 1 saturated heterocycles. The number of amides is 2. The van der Waals surface area contributed by atoms with Crippen LogP contribution in [0.4, 0.5) is 0 Å². The first-order chi connectivity index (χ1) is 14.1. The molecule has 29 heavy (non-hydrogen) atoms. The van der Waals surface area contributed by atoms with Gasteiger partial charge in [-0.25, -0.2) is 4.79 Å². The number of rotatable bonds is 3. The third-order valence-corrected chi connectivity index (χ3v) is 5.67. The monoisotopic (exact) mass is 393 g/mol. The maximum Gasteiger partial charge on any atom is 0.328 e. The molecule has 1 aromatic carbocycles. The van der Waals surface area contributed by atoms with Crippen molar-refractivity contribution < 1.29 is 19.1 Å². The van der Waals surface area contributed by atoms with Crippen molar-refractivity contribution in [2.24, 2.45) is 0 Å². The van der Waals surface area contributed by atoms with E-state index < -0.39 is 12.0 Å². The Kier molecular flexibility index (Phi) is 5.29. The fourth-order valence-electron chi connectivity index (χ4n) is 4.30. The fourth-order valence-corrected chi connectivity index (χ4v) is 4.30. The first kappa shape index (κ1) is 19.1. The van der Waals surface area contributed by atoms with Gasteiger partial charge in [-0.1, -0.05) is 36.4 Å². The zero-order valence-electron chi connectivity index (χ0n) is 16.2. The maximum atomic E-state index is 13.1. The number of carbonyl (C=O) groups excluding carboxylic acids is 3. The third kappa shape index (κ3) is 3.60. The first-order valence-corrected chi connectivity index (χ1v) is 9.78. The van der Waals surface area contributed by atoms with Crippen LogP contribution in [0.5, 0.6) is 0 Å². The van der Waals surface area contributed by atoms with Crippen molar-refractivity contribution in [3.8, 4) is 0 Å². The van der Waals surface area contributed by atoms with Crippen LogP contribution in [-0.2, 0) is 14.3 Å². The largest absolute Gasteiger partial charge is 0.467 e. The highest BCUT2D eigenvalue weighted by atomic mass is 16.5. The number of methoxy groups -OCH3 is 1. The number of hydrogen-bond acceptors (Lipinski definition) is 5. The molecule has 3 atom stereocenters. The molecule has 0 spiro atoms. The maximum absolute atomic E-state index is 13.1. The number of nitrogens with one attached hydrogen (secondary N) is 1. The summed E-state index contributed by atoms with van der Waals surface area (Å²) in [5.74, 6) is -0.849. The molecular formula is C22H23N3O4. The lowest BCUT2D eigenvalue weighted by Gasteiger charge is -2.31. The van der Waals surface area contributed by atoms with Crippen LogP contribution in [-0.4, -0.2) is 52.9 Å². The Morgan fingerprint density at radius 3 is 2.86 bits per heavy atom. The van der Waals surface area contributed by atoms with Crippen LogP contribution in [0.15, 0.2) is 48.7 Å². The number of pyridine rings is 1. The topological polar surface area (TPSA) is 88.6 Å². The molecule has 0 aliphatic carbocycles. The lowest BCUT2D eigenvalue weighted by Crippen LogP contribution is -2.49. The Morgan fingerprint density at radius 1 is 1.21 bits per heavy atom. The zero-order chi connectivity index (χ0) is 20.4. The van der Waals surface area contributed by atoms with Gasteiger partial charge in [0.2, 0.25) is 5.91 Å². The van der Waals surface area contributed by atoms with Gasteiger partial charge in [0.1, 0.15) is 11.7 Å². The van der Waals surface area contributed by atoms with E-state index in [9.17, 15) is 14.4 Å². The quantitative estimate of drug-likeness (QED) is 0.638. The Balaban J connectivity index is 1.63. The van der Waals surface area contributed by atoms with E-state index >= 15 is 0 Å². The average molecular weight is 393 g/mol. The molecule has 2 aromatic rings. The molecule has 2 amide bonds. The van der Waals surface area contributed by atoms with Crippen LogP contribution in [0.1, 0.15) is 36.2 Å². The van der Waals surface area contributed by atoms with Gasteiger partial charge < -0.3 is 15.0 Å². The van der Waals surface area contributed by atoms with E-state index in [1.807, 2.05) is 42.5 Å². The van der Waals surface area contributed by atoms with E-state index in [1.165, 1.54) is 7.11 Å². The summed E-state index contributed by atoms with van der Waals surface area (Å²) in [6.45, 7) is 0. The van der Waals surface area contributed by atoms with Gasteiger partial charge in [0.25, 0.3) is 5.91 Å². The van der Waals surface area contributed by atoms with Crippen LogP contribution in [0.25, 0.3) is 10.8 Å². The second-order valence-electron chi connectivity index (χ2n) is 7.35. The van der Waals surface area contributed by atoms with E-state index in [0.717, 1.165) is 10.8 Å². The van der Waals surface area contributed by atoms with Crippen molar-refractivity contribution in [1.82, 2.24) is 15.2 Å². The molecule has 7 heteroatoms. The molecule has 1 fully saturated rings. The number of allylic oxidation sites excluding steroid dienone is 1. The molecule has 1 unspecified atom stereocenters. The number of nitrogens with zero attached hydrogens (tertiary/aromatic N) is 2. The highest BCUT2D eigenvalue weighted by Crippen LogP contribution is 2.31. The number of esters is 1. The first-order valence-electron chi connectivity index (χ1n) is 9.78. The highest BCUT2D eigenvalue weighted by molar-refractivity contribution is 6.05. The summed E-state index contributed by atoms with van der Waals surface area (Å²) < 4.78 is 4.92. The predicted molar refractivity (Wildman–Crippen MR) is 107 cm³/mol. The van der Waals surface area contributed by atoms with Crippen molar-refractivity contribution in [1.29, 1.82) is 0 Å². The summed E-state index contributed by atoms with van der Waals surface area (Å²) in [6, 6.07) is 8.08. The van der Waals surface area contributed by atoms with Crippen LogP contribution in [0, 0.1) is 0 Å². The lowest BCUT2D eigenvalue weighted by molar-refractivity contribution is -0.152. The number of ether oxygens (including phenoxy) is 1. The highest BCUT2D eigenvalue weighted by Gasteiger charge is 2.47. The third-order valence-electron chi connectivity index (χ3n) is 5.67. The van der Waals surface area contributed by atoms with Gasteiger partial charge in [-0.3, -0.25) is 14.6 Å². The number of hydrogen-bond donors (Lipinski definition) is 1. The Morgan fingerprint density at radius 2 is 2.03 bits per heavy atom. The summed E-state index contributed by atoms with van der Waals surface area (Å²) in [7, 11) is 1.32. The predicted octanol–water partition coefficient (Wildman–Crippen LogP) is 2.22. The molecule has 150 valence electrons. The minimum Gasteiger partial charge on any atom is -0.467 e. The zero-order valence-corrected chi connectivity index (χ0v) is 16.2. The van der Waals surface area contributed by atoms with E-state index in [0.29, 0.717) is 31.4 Å². The molecule has 7 nitrogen and oxygen atoms in total. The summed E-state index contributed by atoms with van der Waals surface area (Å²) in [6.07, 6.45) is 7.49. The summed E-state index contributed by atoms with van der Waals surface area (Å²) in [4.78, 5) is 44.0. The summed E-state index contributed by atoms with van der Waals surface area (Å²) >= 11 is 0. The standard InChI is InChI=1S/C22H23N3O4/c1-29-22(28)18-13-16(17-9-3-2-4-10-19(26)25(17)18)24-21(27)20-15-8-6-5-7-14(15)11-12-23-20/h2-3,5-8,11-12,16-18H,4,9-10,13H2,1H3,(H,24,27)/t16?,17-,18-/m0/s1. The van der Waals surface area contributed by atoms with Crippen molar-refractivity contribution >= 4 is 28.6 Å². The Labute approximate surface area is 168 Å². The van der Waals surface area contributed by atoms with Crippen molar-refractivity contribution in [3.05, 3.63) is 54.4 Å². The van der Waals surface area contributed by atoms with E-state index in [4.69, 9.17) is 4.74 Å². The van der Waals surface area contributed by atoms with E-state index in [2.05, 4.69) is 10.3 Å². The molecule has 0 saturated carbocycles. The smallest absolute Gasteiger partial charge is 0.328 e. The Bertz CT molecular complexity index is 982. The van der Waals surface area contributed by atoms with Crippen molar-refractivity contribution in [2.45, 2.75) is 43.8 Å². The van der Waals surface area contributed by atoms with Gasteiger partial charge >= 0.3 is 5.97 Å². The molecule has 0 bridgehead atoms. The van der Waals surface area contributed by atoms with Gasteiger partial charge in [-0.15, -0.1) is 0 Å². The number of carbonyl (C=O) groups is 3. The molecule has 1 aromatic heterocycles. The molecular weight excluding hydrogens is 370 g/mol. The molecule has 4 rings (SSSR count). The molecule has 2 aliphatic rings. The van der Waals surface area contributed by atoms with Gasteiger partial charge in [0.05, 0.1) is 19.2 Å². The molecule has 3 heterocycles. The fraction of sp³-hybridized carbons (Fsp3) is 0.364. The van der Waals surface area contributed by atoms with E-state index in [-0.39, 0.29) is 23.9 Å². The van der Waals surface area contributed by atoms with Gasteiger partial charge in [-0.05, 0) is 24.3 Å². The Hall–Kier alpha value is -3.22. The van der Waals surface area contributed by atoms with Gasteiger partial charge in [-0.2, -0.15) is 0 Å². The summed E-state index contributed by atoms with van der Waals surface area (Å²) in [5.41, 5.74) is 0.337. The molecule has 2 aliphatic heterocycles. The van der Waals surface area contributed by atoms with Crippen LogP contribution < -0.4 is 5.32 Å². The van der Waals surface area contributed by atoms with Crippen molar-refractivity contribution in [2.75, 3.05) is 7.11 Å². The number of fused-ring (bicyclic) bond motifs is 2. The number of aromatic nitrogens is 1. The number of benzene rings is 1. The average Bonchev–Trinajstić information content (AvgIpc) is 3.08. The van der Waals surface area contributed by atoms with Gasteiger partial charge in [0, 0.05) is 24.4 Å². The normalized spacial score (nSPS) is 24.0. The van der Waals surface area contributed by atoms with E-state index in [1.54, 1.807) is 11.1 Å².